The Balaban J connectivity index is 2.07. The molecule has 0 bridgehead atoms. The smallest absolute Gasteiger partial charge is 0.243 e. The Hall–Kier alpha value is -1.28. The number of carbonyl (C=O) groups excluding carboxylic acids is 3. The van der Waals surface area contributed by atoms with Crippen molar-refractivity contribution in [3.63, 3.8) is 0 Å². The summed E-state index contributed by atoms with van der Waals surface area (Å²) in [4.78, 5) is 36.5. The van der Waals surface area contributed by atoms with E-state index < -0.39 is 6.04 Å². The number of hydrogen-bond acceptors (Lipinski definition) is 4. The maximum absolute atomic E-state index is 12.1. The van der Waals surface area contributed by atoms with Gasteiger partial charge in [0, 0.05) is 9.13 Å². The van der Waals surface area contributed by atoms with Crippen molar-refractivity contribution >= 4 is 40.2 Å². The number of imide groups is 1. The minimum Gasteiger partial charge on any atom is -0.294 e. The van der Waals surface area contributed by atoms with E-state index in [4.69, 9.17) is 0 Å². The number of Topliss-reactive ketones (excluding diaryl/α,β-unsaturated/α-hetero) is 1. The third-order valence-corrected chi connectivity index (χ3v) is 3.77. The van der Waals surface area contributed by atoms with Gasteiger partial charge in [-0.2, -0.15) is 0 Å². The summed E-state index contributed by atoms with van der Waals surface area (Å²) in [6.45, 7) is 1.83. The van der Waals surface area contributed by atoms with Gasteiger partial charge in [-0.15, -0.1) is 0 Å². The van der Waals surface area contributed by atoms with Gasteiger partial charge in [0.05, 0.1) is 19.1 Å². The molecule has 1 atom stereocenters. The van der Waals surface area contributed by atoms with Gasteiger partial charge in [0.15, 0.2) is 5.78 Å². The third-order valence-electron chi connectivity index (χ3n) is 3.05. The van der Waals surface area contributed by atoms with Crippen LogP contribution in [-0.2, 0) is 9.59 Å². The van der Waals surface area contributed by atoms with Crippen molar-refractivity contribution in [2.24, 2.45) is 0 Å². The highest BCUT2D eigenvalue weighted by molar-refractivity contribution is 14.1. The van der Waals surface area contributed by atoms with E-state index in [1.807, 2.05) is 12.1 Å². The predicted octanol–water partition coefficient (Wildman–Crippen LogP) is 0.821. The highest BCUT2D eigenvalue weighted by Crippen LogP contribution is 2.10. The Kier molecular flexibility index (Phi) is 4.31. The van der Waals surface area contributed by atoms with Crippen molar-refractivity contribution in [1.29, 1.82) is 0 Å². The Labute approximate surface area is 124 Å². The van der Waals surface area contributed by atoms with E-state index in [1.165, 1.54) is 0 Å². The topological polar surface area (TPSA) is 66.5 Å². The highest BCUT2D eigenvalue weighted by Gasteiger charge is 2.31. The highest BCUT2D eigenvalue weighted by atomic mass is 127. The first-order valence-electron chi connectivity index (χ1n) is 5.84. The first kappa shape index (κ1) is 14.1. The van der Waals surface area contributed by atoms with E-state index in [1.54, 1.807) is 24.0 Å². The van der Waals surface area contributed by atoms with Gasteiger partial charge in [-0.3, -0.25) is 24.6 Å². The molecule has 100 valence electrons. The summed E-state index contributed by atoms with van der Waals surface area (Å²) in [5, 5.41) is 2.25. The molecule has 0 saturated carbocycles. The number of carbonyl (C=O) groups is 3. The molecule has 1 fully saturated rings. The molecule has 1 saturated heterocycles. The molecule has 1 unspecified atom stereocenters. The van der Waals surface area contributed by atoms with Crippen LogP contribution in [0.4, 0.5) is 0 Å². The standard InChI is InChI=1S/C13H13IN2O3/c1-8-13(19)15-12(18)7-16(8)6-11(17)9-2-4-10(14)5-3-9/h2-5,8H,6-7H2,1H3,(H,15,18,19). The van der Waals surface area contributed by atoms with Gasteiger partial charge >= 0.3 is 0 Å². The minimum absolute atomic E-state index is 0.0704. The molecule has 1 aliphatic rings. The van der Waals surface area contributed by atoms with Crippen LogP contribution in [0.25, 0.3) is 0 Å². The fourth-order valence-electron chi connectivity index (χ4n) is 1.87. The lowest BCUT2D eigenvalue weighted by molar-refractivity contribution is -0.139. The molecule has 1 N–H and O–H groups in total. The zero-order valence-corrected chi connectivity index (χ0v) is 12.5. The summed E-state index contributed by atoms with van der Waals surface area (Å²) < 4.78 is 1.05. The average Bonchev–Trinajstić information content (AvgIpc) is 2.36. The number of ketones is 1. The first-order valence-corrected chi connectivity index (χ1v) is 6.92. The van der Waals surface area contributed by atoms with Gasteiger partial charge in [0.25, 0.3) is 0 Å². The number of nitrogens with zero attached hydrogens (tertiary/aromatic N) is 1. The maximum Gasteiger partial charge on any atom is 0.243 e. The van der Waals surface area contributed by atoms with Crippen LogP contribution in [0.1, 0.15) is 17.3 Å². The normalized spacial score (nSPS) is 20.2. The van der Waals surface area contributed by atoms with E-state index in [2.05, 4.69) is 27.9 Å². The fourth-order valence-corrected chi connectivity index (χ4v) is 2.23. The lowest BCUT2D eigenvalue weighted by Gasteiger charge is -2.30. The molecule has 2 amide bonds. The molecular formula is C13H13IN2O3. The number of hydrogen-bond donors (Lipinski definition) is 1. The van der Waals surface area contributed by atoms with Gasteiger partial charge < -0.3 is 0 Å². The van der Waals surface area contributed by atoms with Crippen LogP contribution < -0.4 is 5.32 Å². The molecule has 0 aromatic heterocycles. The maximum atomic E-state index is 12.1. The Morgan fingerprint density at radius 1 is 1.37 bits per heavy atom. The molecule has 1 aromatic carbocycles. The average molecular weight is 372 g/mol. The van der Waals surface area contributed by atoms with Crippen molar-refractivity contribution in [1.82, 2.24) is 10.2 Å². The van der Waals surface area contributed by atoms with Crippen molar-refractivity contribution in [2.45, 2.75) is 13.0 Å². The number of rotatable bonds is 3. The molecule has 6 heteroatoms. The molecular weight excluding hydrogens is 359 g/mol. The van der Waals surface area contributed by atoms with Gasteiger partial charge in [0.1, 0.15) is 0 Å². The number of halogens is 1. The molecule has 0 spiro atoms. The Bertz CT molecular complexity index is 527. The second kappa shape index (κ2) is 5.79. The van der Waals surface area contributed by atoms with Crippen LogP contribution >= 0.6 is 22.6 Å². The molecule has 1 aromatic rings. The van der Waals surface area contributed by atoms with Gasteiger partial charge in [-0.05, 0) is 41.6 Å². The molecule has 1 aliphatic heterocycles. The quantitative estimate of drug-likeness (QED) is 0.485. The van der Waals surface area contributed by atoms with Crippen molar-refractivity contribution in [3.05, 3.63) is 33.4 Å². The molecule has 0 radical (unpaired) electrons. The number of nitrogens with one attached hydrogen (secondary N) is 1. The third kappa shape index (κ3) is 3.38. The van der Waals surface area contributed by atoms with Gasteiger partial charge in [0.2, 0.25) is 11.8 Å². The first-order chi connectivity index (χ1) is 8.97. The molecule has 19 heavy (non-hydrogen) atoms. The lowest BCUT2D eigenvalue weighted by Crippen LogP contribution is -2.57. The number of amides is 2. The van der Waals surface area contributed by atoms with Crippen LogP contribution in [0.5, 0.6) is 0 Å². The molecule has 1 heterocycles. The van der Waals surface area contributed by atoms with Crippen molar-refractivity contribution in [3.8, 4) is 0 Å². The van der Waals surface area contributed by atoms with Crippen molar-refractivity contribution < 1.29 is 14.4 Å². The summed E-state index contributed by atoms with van der Waals surface area (Å²) in [7, 11) is 0. The van der Waals surface area contributed by atoms with Gasteiger partial charge in [-0.25, -0.2) is 0 Å². The van der Waals surface area contributed by atoms with Gasteiger partial charge in [-0.1, -0.05) is 12.1 Å². The second-order valence-corrected chi connectivity index (χ2v) is 5.67. The van der Waals surface area contributed by atoms with Crippen LogP contribution in [0, 0.1) is 3.57 Å². The molecule has 2 rings (SSSR count). The lowest BCUT2D eigenvalue weighted by atomic mass is 10.1. The Morgan fingerprint density at radius 2 is 2.00 bits per heavy atom. The van der Waals surface area contributed by atoms with E-state index in [0.717, 1.165) is 3.57 Å². The second-order valence-electron chi connectivity index (χ2n) is 4.42. The zero-order valence-electron chi connectivity index (χ0n) is 10.4. The summed E-state index contributed by atoms with van der Waals surface area (Å²) in [5.41, 5.74) is 0.589. The van der Waals surface area contributed by atoms with E-state index >= 15 is 0 Å². The van der Waals surface area contributed by atoms with E-state index in [-0.39, 0.29) is 30.7 Å². The Morgan fingerprint density at radius 3 is 2.63 bits per heavy atom. The summed E-state index contributed by atoms with van der Waals surface area (Å²) in [6.07, 6.45) is 0. The largest absolute Gasteiger partial charge is 0.294 e. The van der Waals surface area contributed by atoms with E-state index in [9.17, 15) is 14.4 Å². The van der Waals surface area contributed by atoms with Crippen molar-refractivity contribution in [2.75, 3.05) is 13.1 Å². The summed E-state index contributed by atoms with van der Waals surface area (Å²) >= 11 is 2.16. The zero-order chi connectivity index (χ0) is 14.0. The summed E-state index contributed by atoms with van der Waals surface area (Å²) in [6, 6.07) is 6.74. The predicted molar refractivity (Wildman–Crippen MR) is 77.7 cm³/mol. The summed E-state index contributed by atoms with van der Waals surface area (Å²) in [5.74, 6) is -0.809. The molecule has 0 aliphatic carbocycles. The number of benzene rings is 1. The fraction of sp³-hybridized carbons (Fsp3) is 0.308. The molecule has 5 nitrogen and oxygen atoms in total. The minimum atomic E-state index is -0.467. The number of piperazine rings is 1. The van der Waals surface area contributed by atoms with Crippen LogP contribution in [0.15, 0.2) is 24.3 Å². The monoisotopic (exact) mass is 372 g/mol. The van der Waals surface area contributed by atoms with E-state index in [0.29, 0.717) is 5.56 Å². The van der Waals surface area contributed by atoms with Crippen LogP contribution in [0.2, 0.25) is 0 Å². The van der Waals surface area contributed by atoms with Crippen LogP contribution in [-0.4, -0.2) is 41.6 Å². The van der Waals surface area contributed by atoms with Crippen LogP contribution in [0.3, 0.4) is 0 Å². The SMILES string of the molecule is CC1C(=O)NC(=O)CN1CC(=O)c1ccc(I)cc1.